The van der Waals surface area contributed by atoms with Crippen molar-refractivity contribution < 1.29 is 12.8 Å². The van der Waals surface area contributed by atoms with Gasteiger partial charge in [0.1, 0.15) is 15.7 Å². The second-order valence-electron chi connectivity index (χ2n) is 7.01. The van der Waals surface area contributed by atoms with Crippen LogP contribution < -0.4 is 10.6 Å². The van der Waals surface area contributed by atoms with E-state index in [4.69, 9.17) is 0 Å². The Kier molecular flexibility index (Phi) is 8.78. The lowest BCUT2D eigenvalue weighted by Crippen LogP contribution is -2.39. The first kappa shape index (κ1) is 23.1. The Morgan fingerprint density at radius 2 is 2.00 bits per heavy atom. The number of guanidine groups is 1. The van der Waals surface area contributed by atoms with E-state index < -0.39 is 9.84 Å². The lowest BCUT2D eigenvalue weighted by molar-refractivity contribution is 0.550. The van der Waals surface area contributed by atoms with Crippen LogP contribution in [0.25, 0.3) is 0 Å². The fourth-order valence-corrected chi connectivity index (χ4v) is 4.42. The number of aryl methyl sites for hydroxylation is 1. The first-order chi connectivity index (χ1) is 11.7. The van der Waals surface area contributed by atoms with Gasteiger partial charge in [0, 0.05) is 31.3 Å². The molecule has 8 heteroatoms. The Bertz CT molecular complexity index is 734. The van der Waals surface area contributed by atoms with E-state index in [-0.39, 0.29) is 41.0 Å². The van der Waals surface area contributed by atoms with Crippen molar-refractivity contribution in [3.8, 4) is 0 Å². The molecule has 5 nitrogen and oxygen atoms in total. The summed E-state index contributed by atoms with van der Waals surface area (Å²) in [6.45, 7) is 5.83. The average molecular weight is 497 g/mol. The molecule has 2 rings (SSSR count). The zero-order valence-corrected chi connectivity index (χ0v) is 18.8. The number of benzene rings is 1. The standard InChI is InChI=1S/C18H28FN3O2S.HI/c1-4-20-17(22-12-18(8-9-18)13-25(3,23)24)21-10-7-15-5-6-16(19)11-14(15)2;/h5-6,11H,4,7-10,12-13H2,1-3H3,(H2,20,21,22);1H. The summed E-state index contributed by atoms with van der Waals surface area (Å²) in [5.74, 6) is 0.685. The topological polar surface area (TPSA) is 70.6 Å². The van der Waals surface area contributed by atoms with E-state index in [0.29, 0.717) is 19.0 Å². The monoisotopic (exact) mass is 497 g/mol. The van der Waals surface area contributed by atoms with Gasteiger partial charge in [0.25, 0.3) is 0 Å². The van der Waals surface area contributed by atoms with Gasteiger partial charge < -0.3 is 10.6 Å². The van der Waals surface area contributed by atoms with E-state index in [2.05, 4.69) is 15.6 Å². The lowest BCUT2D eigenvalue weighted by atomic mass is 10.1. The molecule has 0 bridgehead atoms. The van der Waals surface area contributed by atoms with Crippen LogP contribution in [0.5, 0.6) is 0 Å². The van der Waals surface area contributed by atoms with Crippen molar-refractivity contribution in [1.29, 1.82) is 0 Å². The van der Waals surface area contributed by atoms with Crippen LogP contribution in [0.4, 0.5) is 4.39 Å². The van der Waals surface area contributed by atoms with Crippen molar-refractivity contribution >= 4 is 39.8 Å². The summed E-state index contributed by atoms with van der Waals surface area (Å²) in [4.78, 5) is 4.57. The highest BCUT2D eigenvalue weighted by atomic mass is 127. The predicted octanol–water partition coefficient (Wildman–Crippen LogP) is 2.67. The summed E-state index contributed by atoms with van der Waals surface area (Å²) >= 11 is 0. The predicted molar refractivity (Wildman–Crippen MR) is 116 cm³/mol. The number of sulfone groups is 1. The molecule has 148 valence electrons. The minimum atomic E-state index is -2.98. The van der Waals surface area contributed by atoms with Crippen molar-refractivity contribution in [2.24, 2.45) is 10.4 Å². The minimum absolute atomic E-state index is 0. The van der Waals surface area contributed by atoms with Gasteiger partial charge in [-0.3, -0.25) is 4.99 Å². The molecule has 1 aliphatic rings. The Labute approximate surface area is 173 Å². The van der Waals surface area contributed by atoms with Crippen molar-refractivity contribution in [2.45, 2.75) is 33.1 Å². The van der Waals surface area contributed by atoms with Crippen LogP contribution in [0.1, 0.15) is 30.9 Å². The van der Waals surface area contributed by atoms with E-state index >= 15 is 0 Å². The molecule has 0 heterocycles. The summed E-state index contributed by atoms with van der Waals surface area (Å²) in [5, 5.41) is 6.46. The van der Waals surface area contributed by atoms with Gasteiger partial charge in [-0.1, -0.05) is 6.07 Å². The van der Waals surface area contributed by atoms with Gasteiger partial charge >= 0.3 is 0 Å². The molecular formula is C18H29FIN3O2S. The molecule has 1 saturated carbocycles. The smallest absolute Gasteiger partial charge is 0.191 e. The maximum atomic E-state index is 13.1. The van der Waals surface area contributed by atoms with Crippen molar-refractivity contribution in [3.05, 3.63) is 35.1 Å². The van der Waals surface area contributed by atoms with E-state index in [9.17, 15) is 12.8 Å². The van der Waals surface area contributed by atoms with E-state index in [1.54, 1.807) is 0 Å². The number of aliphatic imine (C=N–C) groups is 1. The molecule has 2 N–H and O–H groups in total. The molecule has 0 spiro atoms. The van der Waals surface area contributed by atoms with Crippen LogP contribution in [-0.4, -0.2) is 46.0 Å². The molecular weight excluding hydrogens is 468 g/mol. The van der Waals surface area contributed by atoms with Gasteiger partial charge in [0.15, 0.2) is 5.96 Å². The molecule has 1 fully saturated rings. The molecule has 1 aliphatic carbocycles. The third-order valence-electron chi connectivity index (χ3n) is 4.43. The van der Waals surface area contributed by atoms with Gasteiger partial charge in [0.05, 0.1) is 5.75 Å². The molecule has 1 aromatic carbocycles. The van der Waals surface area contributed by atoms with Crippen LogP contribution in [-0.2, 0) is 16.3 Å². The normalized spacial score (nSPS) is 15.9. The number of hydrogen-bond donors (Lipinski definition) is 2. The summed E-state index contributed by atoms with van der Waals surface area (Å²) < 4.78 is 36.2. The first-order valence-corrected chi connectivity index (χ1v) is 10.7. The Morgan fingerprint density at radius 3 is 2.54 bits per heavy atom. The van der Waals surface area contributed by atoms with Crippen molar-refractivity contribution in [1.82, 2.24) is 10.6 Å². The Balaban J connectivity index is 0.00000338. The number of nitrogens with one attached hydrogen (secondary N) is 2. The van der Waals surface area contributed by atoms with Crippen LogP contribution in [0, 0.1) is 18.2 Å². The summed E-state index contributed by atoms with van der Waals surface area (Å²) in [6.07, 6.45) is 3.88. The van der Waals surface area contributed by atoms with Gasteiger partial charge in [-0.25, -0.2) is 12.8 Å². The molecule has 0 atom stereocenters. The lowest BCUT2D eigenvalue weighted by Gasteiger charge is -2.15. The SMILES string of the molecule is CCNC(=NCC1(CS(C)(=O)=O)CC1)NCCc1ccc(F)cc1C.I. The van der Waals surface area contributed by atoms with Gasteiger partial charge in [-0.05, 0) is 56.4 Å². The Hall–Kier alpha value is -0.900. The molecule has 0 aromatic heterocycles. The fraction of sp³-hybridized carbons (Fsp3) is 0.611. The summed E-state index contributed by atoms with van der Waals surface area (Å²) in [6, 6.07) is 4.82. The maximum Gasteiger partial charge on any atom is 0.191 e. The summed E-state index contributed by atoms with van der Waals surface area (Å²) in [5.41, 5.74) is 1.86. The molecule has 0 unspecified atom stereocenters. The average Bonchev–Trinajstić information content (AvgIpc) is 3.25. The number of hydrogen-bond acceptors (Lipinski definition) is 3. The second kappa shape index (κ2) is 9.87. The van der Waals surface area contributed by atoms with Gasteiger partial charge in [-0.2, -0.15) is 0 Å². The summed E-state index contributed by atoms with van der Waals surface area (Å²) in [7, 11) is -2.98. The minimum Gasteiger partial charge on any atom is -0.357 e. The third kappa shape index (κ3) is 7.77. The van der Waals surface area contributed by atoms with Crippen LogP contribution in [0.2, 0.25) is 0 Å². The molecule has 0 aliphatic heterocycles. The number of halogens is 2. The van der Waals surface area contributed by atoms with Crippen LogP contribution in [0.15, 0.2) is 23.2 Å². The first-order valence-electron chi connectivity index (χ1n) is 8.68. The maximum absolute atomic E-state index is 13.1. The second-order valence-corrected chi connectivity index (χ2v) is 9.15. The fourth-order valence-electron chi connectivity index (χ4n) is 2.92. The molecule has 0 radical (unpaired) electrons. The number of rotatable bonds is 8. The molecule has 0 saturated heterocycles. The van der Waals surface area contributed by atoms with E-state index in [1.165, 1.54) is 18.4 Å². The molecule has 0 amide bonds. The molecule has 26 heavy (non-hydrogen) atoms. The molecule has 1 aromatic rings. The highest BCUT2D eigenvalue weighted by Gasteiger charge is 2.45. The number of nitrogens with zero attached hydrogens (tertiary/aromatic N) is 1. The zero-order chi connectivity index (χ0) is 18.5. The van der Waals surface area contributed by atoms with E-state index in [1.807, 2.05) is 19.9 Å². The van der Waals surface area contributed by atoms with Crippen LogP contribution in [0.3, 0.4) is 0 Å². The largest absolute Gasteiger partial charge is 0.357 e. The Morgan fingerprint density at radius 1 is 1.31 bits per heavy atom. The highest BCUT2D eigenvalue weighted by Crippen LogP contribution is 2.46. The zero-order valence-electron chi connectivity index (χ0n) is 15.6. The van der Waals surface area contributed by atoms with Crippen molar-refractivity contribution in [3.63, 3.8) is 0 Å². The van der Waals surface area contributed by atoms with Gasteiger partial charge in [-0.15, -0.1) is 24.0 Å². The third-order valence-corrected chi connectivity index (χ3v) is 5.57. The van der Waals surface area contributed by atoms with Crippen molar-refractivity contribution in [2.75, 3.05) is 31.6 Å². The van der Waals surface area contributed by atoms with Gasteiger partial charge in [0.2, 0.25) is 0 Å². The highest BCUT2D eigenvalue weighted by molar-refractivity contribution is 14.0. The van der Waals surface area contributed by atoms with E-state index in [0.717, 1.165) is 36.9 Å². The van der Waals surface area contributed by atoms with Crippen LogP contribution >= 0.6 is 24.0 Å². The quantitative estimate of drug-likeness (QED) is 0.329.